The van der Waals surface area contributed by atoms with Crippen molar-refractivity contribution in [2.45, 2.75) is 32.9 Å². The molecule has 2 atom stereocenters. The first-order valence-corrected chi connectivity index (χ1v) is 8.72. The molecule has 21 heavy (non-hydrogen) atoms. The quantitative estimate of drug-likeness (QED) is 0.700. The van der Waals surface area contributed by atoms with Crippen molar-refractivity contribution >= 4 is 21.6 Å². The number of anilines is 1. The van der Waals surface area contributed by atoms with Gasteiger partial charge in [-0.3, -0.25) is 4.79 Å². The maximum absolute atomic E-state index is 11.9. The maximum Gasteiger partial charge on any atom is 0.241 e. The first kappa shape index (κ1) is 17.6. The average Bonchev–Trinajstić information content (AvgIpc) is 2.44. The third-order valence-corrected chi connectivity index (χ3v) is 3.99. The van der Waals surface area contributed by atoms with E-state index in [1.54, 1.807) is 24.3 Å². The van der Waals surface area contributed by atoms with Gasteiger partial charge in [-0.1, -0.05) is 32.4 Å². The van der Waals surface area contributed by atoms with E-state index in [1.807, 2.05) is 13.8 Å². The number of amides is 1. The smallest absolute Gasteiger partial charge is 0.241 e. The van der Waals surface area contributed by atoms with Gasteiger partial charge in [-0.25, -0.2) is 13.1 Å². The second-order valence-corrected chi connectivity index (χ2v) is 7.02. The highest BCUT2D eigenvalue weighted by molar-refractivity contribution is 7.88. The summed E-state index contributed by atoms with van der Waals surface area (Å²) in [7, 11) is -3.21. The summed E-state index contributed by atoms with van der Waals surface area (Å²) in [6.07, 6.45) is 1.95. The Morgan fingerprint density at radius 2 is 1.86 bits per heavy atom. The van der Waals surface area contributed by atoms with Crippen LogP contribution in [0.5, 0.6) is 0 Å². The molecule has 118 valence electrons. The van der Waals surface area contributed by atoms with E-state index in [-0.39, 0.29) is 18.4 Å². The van der Waals surface area contributed by atoms with Crippen molar-refractivity contribution < 1.29 is 13.2 Å². The lowest BCUT2D eigenvalue weighted by atomic mass is 9.99. The van der Waals surface area contributed by atoms with E-state index in [1.165, 1.54) is 0 Å². The molecular formula is C14H23N3O3S. The molecule has 6 nitrogen and oxygen atoms in total. The van der Waals surface area contributed by atoms with Crippen LogP contribution in [0.4, 0.5) is 5.69 Å². The van der Waals surface area contributed by atoms with Gasteiger partial charge in [0.1, 0.15) is 0 Å². The first-order valence-electron chi connectivity index (χ1n) is 6.83. The van der Waals surface area contributed by atoms with Gasteiger partial charge in [-0.2, -0.15) is 0 Å². The van der Waals surface area contributed by atoms with Gasteiger partial charge in [-0.05, 0) is 23.6 Å². The van der Waals surface area contributed by atoms with Crippen molar-refractivity contribution in [1.82, 2.24) is 4.72 Å². The number of carbonyl (C=O) groups excluding carboxylic acids is 1. The summed E-state index contributed by atoms with van der Waals surface area (Å²) < 4.78 is 24.4. The molecule has 1 amide bonds. The summed E-state index contributed by atoms with van der Waals surface area (Å²) >= 11 is 0. The van der Waals surface area contributed by atoms with Gasteiger partial charge >= 0.3 is 0 Å². The minimum absolute atomic E-state index is 0.114. The SMILES string of the molecule is CCC(C)C(N)C(=O)Nc1ccc(CNS(C)(=O)=O)cc1. The van der Waals surface area contributed by atoms with E-state index in [0.29, 0.717) is 5.69 Å². The molecule has 0 radical (unpaired) electrons. The van der Waals surface area contributed by atoms with Crippen molar-refractivity contribution in [2.75, 3.05) is 11.6 Å². The fourth-order valence-electron chi connectivity index (χ4n) is 1.66. The van der Waals surface area contributed by atoms with Crippen molar-refractivity contribution in [1.29, 1.82) is 0 Å². The molecule has 7 heteroatoms. The number of hydrogen-bond donors (Lipinski definition) is 3. The summed E-state index contributed by atoms with van der Waals surface area (Å²) in [5, 5.41) is 2.75. The third-order valence-electron chi connectivity index (χ3n) is 3.32. The molecule has 0 bridgehead atoms. The van der Waals surface area contributed by atoms with Gasteiger partial charge in [0.05, 0.1) is 12.3 Å². The van der Waals surface area contributed by atoms with Crippen LogP contribution in [-0.2, 0) is 21.4 Å². The fraction of sp³-hybridized carbons (Fsp3) is 0.500. The minimum atomic E-state index is -3.21. The lowest BCUT2D eigenvalue weighted by Crippen LogP contribution is -2.40. The number of carbonyl (C=O) groups is 1. The van der Waals surface area contributed by atoms with E-state index >= 15 is 0 Å². The van der Waals surface area contributed by atoms with Crippen LogP contribution in [0, 0.1) is 5.92 Å². The van der Waals surface area contributed by atoms with Crippen LogP contribution in [0.25, 0.3) is 0 Å². The lowest BCUT2D eigenvalue weighted by molar-refractivity contribution is -0.118. The van der Waals surface area contributed by atoms with E-state index in [2.05, 4.69) is 10.0 Å². The summed E-state index contributed by atoms with van der Waals surface area (Å²) in [6, 6.07) is 6.41. The molecular weight excluding hydrogens is 290 g/mol. The molecule has 2 unspecified atom stereocenters. The van der Waals surface area contributed by atoms with Crippen molar-refractivity contribution in [3.63, 3.8) is 0 Å². The highest BCUT2D eigenvalue weighted by atomic mass is 32.2. The third kappa shape index (κ3) is 6.24. The Balaban J connectivity index is 2.60. The number of rotatable bonds is 7. The van der Waals surface area contributed by atoms with E-state index in [9.17, 15) is 13.2 Å². The Morgan fingerprint density at radius 1 is 1.29 bits per heavy atom. The second kappa shape index (κ2) is 7.53. The minimum Gasteiger partial charge on any atom is -0.325 e. The van der Waals surface area contributed by atoms with Crippen LogP contribution >= 0.6 is 0 Å². The van der Waals surface area contributed by atoms with Crippen molar-refractivity contribution in [3.8, 4) is 0 Å². The number of benzene rings is 1. The Labute approximate surface area is 126 Å². The number of sulfonamides is 1. The summed E-state index contributed by atoms with van der Waals surface area (Å²) in [5.41, 5.74) is 7.31. The molecule has 0 saturated heterocycles. The molecule has 0 aliphatic rings. The second-order valence-electron chi connectivity index (χ2n) is 5.19. The summed E-state index contributed by atoms with van der Waals surface area (Å²) in [4.78, 5) is 11.9. The normalized spacial score (nSPS) is 14.5. The average molecular weight is 313 g/mol. The largest absolute Gasteiger partial charge is 0.325 e. The van der Waals surface area contributed by atoms with Crippen LogP contribution in [0.3, 0.4) is 0 Å². The van der Waals surface area contributed by atoms with E-state index in [0.717, 1.165) is 18.2 Å². The van der Waals surface area contributed by atoms with Crippen LogP contribution in [0.1, 0.15) is 25.8 Å². The molecule has 0 aliphatic heterocycles. The molecule has 1 rings (SSSR count). The molecule has 0 spiro atoms. The van der Waals surface area contributed by atoms with Crippen LogP contribution < -0.4 is 15.8 Å². The molecule has 0 saturated carbocycles. The molecule has 1 aromatic rings. The van der Waals surface area contributed by atoms with Gasteiger partial charge in [-0.15, -0.1) is 0 Å². The van der Waals surface area contributed by atoms with Gasteiger partial charge in [0.2, 0.25) is 15.9 Å². The Bertz CT molecular complexity index is 570. The van der Waals surface area contributed by atoms with Crippen LogP contribution in [0.15, 0.2) is 24.3 Å². The maximum atomic E-state index is 11.9. The topological polar surface area (TPSA) is 101 Å². The summed E-state index contributed by atoms with van der Waals surface area (Å²) in [6.45, 7) is 4.14. The Morgan fingerprint density at radius 3 is 2.33 bits per heavy atom. The molecule has 0 heterocycles. The summed E-state index contributed by atoms with van der Waals surface area (Å²) in [5.74, 6) is -0.102. The highest BCUT2D eigenvalue weighted by Gasteiger charge is 2.19. The Kier molecular flexibility index (Phi) is 6.32. The molecule has 1 aromatic carbocycles. The zero-order chi connectivity index (χ0) is 16.0. The van der Waals surface area contributed by atoms with Gasteiger partial charge < -0.3 is 11.1 Å². The number of hydrogen-bond acceptors (Lipinski definition) is 4. The highest BCUT2D eigenvalue weighted by Crippen LogP contribution is 2.12. The fourth-order valence-corrected chi connectivity index (χ4v) is 2.09. The predicted molar refractivity (Wildman–Crippen MR) is 84.2 cm³/mol. The molecule has 0 aliphatic carbocycles. The van der Waals surface area contributed by atoms with Crippen LogP contribution in [0.2, 0.25) is 0 Å². The lowest BCUT2D eigenvalue weighted by Gasteiger charge is -2.17. The predicted octanol–water partition coefficient (Wildman–Crippen LogP) is 1.05. The van der Waals surface area contributed by atoms with Crippen molar-refractivity contribution in [2.24, 2.45) is 11.7 Å². The molecule has 0 aromatic heterocycles. The van der Waals surface area contributed by atoms with Gasteiger partial charge in [0, 0.05) is 12.2 Å². The van der Waals surface area contributed by atoms with E-state index in [4.69, 9.17) is 5.73 Å². The van der Waals surface area contributed by atoms with Gasteiger partial charge in [0.25, 0.3) is 0 Å². The zero-order valence-corrected chi connectivity index (χ0v) is 13.4. The monoisotopic (exact) mass is 313 g/mol. The van der Waals surface area contributed by atoms with E-state index < -0.39 is 16.1 Å². The zero-order valence-electron chi connectivity index (χ0n) is 12.6. The van der Waals surface area contributed by atoms with Crippen LogP contribution in [-0.4, -0.2) is 26.6 Å². The standard InChI is InChI=1S/C14H23N3O3S/c1-4-10(2)13(15)14(18)17-12-7-5-11(6-8-12)9-16-21(3,19)20/h5-8,10,13,16H,4,9,15H2,1-3H3,(H,17,18). The number of nitrogens with two attached hydrogens (primary N) is 1. The first-order chi connectivity index (χ1) is 9.73. The van der Waals surface area contributed by atoms with Gasteiger partial charge in [0.15, 0.2) is 0 Å². The number of nitrogens with one attached hydrogen (secondary N) is 2. The molecule has 4 N–H and O–H groups in total. The van der Waals surface area contributed by atoms with Crippen molar-refractivity contribution in [3.05, 3.63) is 29.8 Å². The Hall–Kier alpha value is -1.44. The molecule has 0 fully saturated rings.